The quantitative estimate of drug-likeness (QED) is 0.721. The molecule has 3 nitrogen and oxygen atoms in total. The Morgan fingerprint density at radius 3 is 2.71 bits per heavy atom. The molecule has 1 aromatic carbocycles. The molecule has 0 saturated heterocycles. The summed E-state index contributed by atoms with van der Waals surface area (Å²) in [5.74, 6) is 0.0819. The van der Waals surface area contributed by atoms with Crippen LogP contribution in [0.5, 0.6) is 5.75 Å². The molecule has 0 radical (unpaired) electrons. The van der Waals surface area contributed by atoms with Gasteiger partial charge in [-0.05, 0) is 6.07 Å². The summed E-state index contributed by atoms with van der Waals surface area (Å²) in [6.07, 6.45) is 0. The Bertz CT molecular complexity index is 420. The van der Waals surface area contributed by atoms with Crippen LogP contribution in [0.1, 0.15) is 0 Å². The third-order valence-electron chi connectivity index (χ3n) is 1.74. The first-order valence-corrected chi connectivity index (χ1v) is 4.83. The monoisotopic (exact) mass is 251 g/mol. The maximum atomic E-state index is 11.0. The maximum Gasteiger partial charge on any atom is 0.262 e. The van der Waals surface area contributed by atoms with Gasteiger partial charge in [-0.15, -0.1) is 0 Å². The van der Waals surface area contributed by atoms with Gasteiger partial charge in [-0.25, -0.2) is 0 Å². The van der Waals surface area contributed by atoms with Crippen molar-refractivity contribution in [2.75, 3.05) is 11.9 Å². The van der Waals surface area contributed by atoms with Crippen LogP contribution in [-0.2, 0) is 4.79 Å². The second-order valence-corrected chi connectivity index (χ2v) is 3.89. The first kappa shape index (κ1) is 9.90. The number of anilines is 1. The van der Waals surface area contributed by atoms with Gasteiger partial charge >= 0.3 is 0 Å². The molecule has 1 aliphatic heterocycles. The SMILES string of the molecule is O=C1COc2c(Cl)cc(Cl)c(Cl)c2N1. The highest BCUT2D eigenvalue weighted by Gasteiger charge is 2.23. The molecule has 74 valence electrons. The lowest BCUT2D eigenvalue weighted by Gasteiger charge is -2.20. The number of nitrogens with one attached hydrogen (secondary N) is 1. The Hall–Kier alpha value is -0.640. The van der Waals surface area contributed by atoms with Crippen LogP contribution in [0, 0.1) is 0 Å². The molecule has 2 rings (SSSR count). The van der Waals surface area contributed by atoms with Crippen molar-refractivity contribution in [1.82, 2.24) is 0 Å². The minimum absolute atomic E-state index is 0.0648. The summed E-state index contributed by atoms with van der Waals surface area (Å²) in [5.41, 5.74) is 0.334. The molecule has 1 amide bonds. The number of halogens is 3. The fraction of sp³-hybridized carbons (Fsp3) is 0.125. The summed E-state index contributed by atoms with van der Waals surface area (Å²) < 4.78 is 5.12. The second kappa shape index (κ2) is 3.50. The predicted molar refractivity (Wildman–Crippen MR) is 55.6 cm³/mol. The van der Waals surface area contributed by atoms with Crippen molar-refractivity contribution in [3.05, 3.63) is 21.1 Å². The van der Waals surface area contributed by atoms with Crippen LogP contribution in [0.25, 0.3) is 0 Å². The van der Waals surface area contributed by atoms with E-state index in [0.29, 0.717) is 16.5 Å². The molecule has 14 heavy (non-hydrogen) atoms. The Balaban J connectivity index is 2.63. The van der Waals surface area contributed by atoms with Crippen molar-refractivity contribution in [2.24, 2.45) is 0 Å². The first-order valence-electron chi connectivity index (χ1n) is 3.69. The molecular weight excluding hydrogens is 248 g/mol. The van der Waals surface area contributed by atoms with Crippen LogP contribution >= 0.6 is 34.8 Å². The highest BCUT2D eigenvalue weighted by atomic mass is 35.5. The number of amides is 1. The van der Waals surface area contributed by atoms with Gasteiger partial charge in [0.25, 0.3) is 5.91 Å². The normalized spacial score (nSPS) is 14.4. The summed E-state index contributed by atoms with van der Waals surface area (Å²) in [6, 6.07) is 1.47. The standard InChI is InChI=1S/C8H4Cl3NO2/c9-3-1-4(10)8-7(6(3)11)12-5(13)2-14-8/h1H,2H2,(H,12,13). The van der Waals surface area contributed by atoms with Crippen molar-refractivity contribution in [3.8, 4) is 5.75 Å². The van der Waals surface area contributed by atoms with Crippen LogP contribution in [-0.4, -0.2) is 12.5 Å². The minimum atomic E-state index is -0.280. The number of benzene rings is 1. The van der Waals surface area contributed by atoms with Gasteiger partial charge in [0.2, 0.25) is 0 Å². The van der Waals surface area contributed by atoms with Gasteiger partial charge in [0.05, 0.1) is 15.1 Å². The molecule has 0 bridgehead atoms. The molecule has 0 aromatic heterocycles. The third kappa shape index (κ3) is 1.52. The summed E-state index contributed by atoms with van der Waals surface area (Å²) in [6.45, 7) is -0.0648. The van der Waals surface area contributed by atoms with Gasteiger partial charge < -0.3 is 10.1 Å². The number of rotatable bonds is 0. The molecule has 0 fully saturated rings. The fourth-order valence-electron chi connectivity index (χ4n) is 1.14. The predicted octanol–water partition coefficient (Wildman–Crippen LogP) is 2.98. The highest BCUT2D eigenvalue weighted by Crippen LogP contribution is 2.44. The van der Waals surface area contributed by atoms with E-state index in [-0.39, 0.29) is 22.6 Å². The molecule has 6 heteroatoms. The van der Waals surface area contributed by atoms with Crippen LogP contribution in [0.15, 0.2) is 6.07 Å². The molecule has 1 aromatic rings. The summed E-state index contributed by atoms with van der Waals surface area (Å²) in [4.78, 5) is 11.0. The summed E-state index contributed by atoms with van der Waals surface area (Å²) in [5, 5.41) is 3.39. The minimum Gasteiger partial charge on any atom is -0.480 e. The number of fused-ring (bicyclic) bond motifs is 1. The van der Waals surface area contributed by atoms with Crippen molar-refractivity contribution >= 4 is 46.4 Å². The van der Waals surface area contributed by atoms with Gasteiger partial charge in [0.1, 0.15) is 5.69 Å². The number of hydrogen-bond acceptors (Lipinski definition) is 2. The molecule has 1 N–H and O–H groups in total. The number of carbonyl (C=O) groups is 1. The highest BCUT2D eigenvalue weighted by molar-refractivity contribution is 6.46. The van der Waals surface area contributed by atoms with Crippen LogP contribution in [0.3, 0.4) is 0 Å². The number of ether oxygens (including phenoxy) is 1. The second-order valence-electron chi connectivity index (χ2n) is 2.70. The van der Waals surface area contributed by atoms with E-state index in [1.165, 1.54) is 6.07 Å². The summed E-state index contributed by atoms with van der Waals surface area (Å²) in [7, 11) is 0. The molecule has 0 saturated carbocycles. The number of hydrogen-bond donors (Lipinski definition) is 1. The van der Waals surface area contributed by atoms with Gasteiger partial charge in [-0.2, -0.15) is 0 Å². The third-order valence-corrected chi connectivity index (χ3v) is 2.81. The van der Waals surface area contributed by atoms with Crippen molar-refractivity contribution in [2.45, 2.75) is 0 Å². The molecule has 1 heterocycles. The van der Waals surface area contributed by atoms with Crippen LogP contribution < -0.4 is 10.1 Å². The lowest BCUT2D eigenvalue weighted by atomic mass is 10.2. The lowest BCUT2D eigenvalue weighted by Crippen LogP contribution is -2.25. The maximum absolute atomic E-state index is 11.0. The average Bonchev–Trinajstić information content (AvgIpc) is 2.14. The molecular formula is C8H4Cl3NO2. The Morgan fingerprint density at radius 1 is 1.29 bits per heavy atom. The van der Waals surface area contributed by atoms with E-state index >= 15 is 0 Å². The van der Waals surface area contributed by atoms with E-state index in [1.807, 2.05) is 0 Å². The zero-order chi connectivity index (χ0) is 10.3. The Labute approximate surface area is 94.9 Å². The smallest absolute Gasteiger partial charge is 0.262 e. The molecule has 0 unspecified atom stereocenters. The van der Waals surface area contributed by atoms with Gasteiger partial charge in [0, 0.05) is 0 Å². The van der Waals surface area contributed by atoms with Crippen molar-refractivity contribution in [1.29, 1.82) is 0 Å². The molecule has 0 atom stereocenters. The van der Waals surface area contributed by atoms with E-state index in [2.05, 4.69) is 5.32 Å². The molecule has 1 aliphatic rings. The van der Waals surface area contributed by atoms with Crippen LogP contribution in [0.2, 0.25) is 15.1 Å². The van der Waals surface area contributed by atoms with E-state index in [4.69, 9.17) is 39.5 Å². The zero-order valence-corrected chi connectivity index (χ0v) is 9.00. The fourth-order valence-corrected chi connectivity index (χ4v) is 1.85. The van der Waals surface area contributed by atoms with Crippen LogP contribution in [0.4, 0.5) is 5.69 Å². The van der Waals surface area contributed by atoms with Crippen molar-refractivity contribution < 1.29 is 9.53 Å². The topological polar surface area (TPSA) is 38.3 Å². The lowest BCUT2D eigenvalue weighted by molar-refractivity contribution is -0.118. The van der Waals surface area contributed by atoms with E-state index < -0.39 is 0 Å². The van der Waals surface area contributed by atoms with Gasteiger partial charge in [0.15, 0.2) is 12.4 Å². The average molecular weight is 252 g/mol. The zero-order valence-electron chi connectivity index (χ0n) is 6.73. The molecule has 0 spiro atoms. The summed E-state index contributed by atoms with van der Waals surface area (Å²) >= 11 is 17.5. The van der Waals surface area contributed by atoms with E-state index in [9.17, 15) is 4.79 Å². The van der Waals surface area contributed by atoms with Gasteiger partial charge in [-0.1, -0.05) is 34.8 Å². The Kier molecular flexibility index (Phi) is 2.47. The van der Waals surface area contributed by atoms with E-state index in [0.717, 1.165) is 0 Å². The van der Waals surface area contributed by atoms with E-state index in [1.54, 1.807) is 0 Å². The largest absolute Gasteiger partial charge is 0.480 e. The van der Waals surface area contributed by atoms with Gasteiger partial charge in [-0.3, -0.25) is 4.79 Å². The number of carbonyl (C=O) groups excluding carboxylic acids is 1. The first-order chi connectivity index (χ1) is 6.59. The van der Waals surface area contributed by atoms with Crippen molar-refractivity contribution in [3.63, 3.8) is 0 Å². The Morgan fingerprint density at radius 2 is 2.00 bits per heavy atom. The molecule has 0 aliphatic carbocycles.